The molecule has 3 rings (SSSR count). The van der Waals surface area contributed by atoms with Crippen molar-refractivity contribution >= 4 is 16.7 Å². The van der Waals surface area contributed by atoms with E-state index in [0.29, 0.717) is 13.0 Å². The maximum Gasteiger partial charge on any atom is 0.220 e. The largest absolute Gasteiger partial charge is 0.496 e. The van der Waals surface area contributed by atoms with Crippen LogP contribution in [0.4, 0.5) is 0 Å². The van der Waals surface area contributed by atoms with Gasteiger partial charge in [-0.25, -0.2) is 0 Å². The summed E-state index contributed by atoms with van der Waals surface area (Å²) in [7, 11) is 1.64. The van der Waals surface area contributed by atoms with E-state index in [0.717, 1.165) is 17.7 Å². The number of hydrogen-bond donors (Lipinski definition) is 1. The lowest BCUT2D eigenvalue weighted by molar-refractivity contribution is -0.121. The highest BCUT2D eigenvalue weighted by Crippen LogP contribution is 2.20. The number of hydrogen-bond acceptors (Lipinski definition) is 2. The molecule has 0 aromatic heterocycles. The summed E-state index contributed by atoms with van der Waals surface area (Å²) in [6.07, 6.45) is 1.21. The van der Waals surface area contributed by atoms with Crippen molar-refractivity contribution in [3.8, 4) is 5.75 Å². The minimum Gasteiger partial charge on any atom is -0.496 e. The number of aryl methyl sites for hydroxylation is 1. The monoisotopic (exact) mass is 319 g/mol. The van der Waals surface area contributed by atoms with Gasteiger partial charge in [-0.1, -0.05) is 60.7 Å². The summed E-state index contributed by atoms with van der Waals surface area (Å²) in [6.45, 7) is 0.485. The highest BCUT2D eigenvalue weighted by atomic mass is 16.5. The zero-order valence-electron chi connectivity index (χ0n) is 13.8. The third-order valence-corrected chi connectivity index (χ3v) is 4.17. The first kappa shape index (κ1) is 16.1. The van der Waals surface area contributed by atoms with Crippen LogP contribution in [0.2, 0.25) is 0 Å². The lowest BCUT2D eigenvalue weighted by Crippen LogP contribution is -2.23. The molecule has 3 aromatic rings. The van der Waals surface area contributed by atoms with E-state index in [4.69, 9.17) is 4.74 Å². The van der Waals surface area contributed by atoms with E-state index in [1.54, 1.807) is 7.11 Å². The van der Waals surface area contributed by atoms with Gasteiger partial charge in [0.15, 0.2) is 0 Å². The zero-order valence-corrected chi connectivity index (χ0v) is 13.8. The highest BCUT2D eigenvalue weighted by Gasteiger charge is 2.07. The predicted molar refractivity (Wildman–Crippen MR) is 97.1 cm³/mol. The first-order valence-electron chi connectivity index (χ1n) is 8.13. The molecule has 1 N–H and O–H groups in total. The minimum absolute atomic E-state index is 0.0499. The van der Waals surface area contributed by atoms with Crippen LogP contribution in [0, 0.1) is 0 Å². The number of nitrogens with one attached hydrogen (secondary N) is 1. The number of para-hydroxylation sites is 1. The number of carbonyl (C=O) groups excluding carboxylic acids is 1. The van der Waals surface area contributed by atoms with Crippen molar-refractivity contribution < 1.29 is 9.53 Å². The first-order chi connectivity index (χ1) is 11.8. The summed E-state index contributed by atoms with van der Waals surface area (Å²) in [5.74, 6) is 0.848. The lowest BCUT2D eigenvalue weighted by atomic mass is 10.0. The van der Waals surface area contributed by atoms with E-state index in [1.165, 1.54) is 16.3 Å². The summed E-state index contributed by atoms with van der Waals surface area (Å²) in [6, 6.07) is 22.2. The fourth-order valence-electron chi connectivity index (χ4n) is 2.89. The number of benzene rings is 3. The average Bonchev–Trinajstić information content (AvgIpc) is 2.64. The molecule has 0 spiro atoms. The van der Waals surface area contributed by atoms with E-state index >= 15 is 0 Å². The van der Waals surface area contributed by atoms with Gasteiger partial charge in [0.05, 0.1) is 7.11 Å². The topological polar surface area (TPSA) is 38.3 Å². The van der Waals surface area contributed by atoms with Crippen molar-refractivity contribution in [3.63, 3.8) is 0 Å². The summed E-state index contributed by atoms with van der Waals surface area (Å²) >= 11 is 0. The van der Waals surface area contributed by atoms with E-state index in [-0.39, 0.29) is 5.91 Å². The Labute approximate surface area is 142 Å². The average molecular weight is 319 g/mol. The third kappa shape index (κ3) is 3.74. The van der Waals surface area contributed by atoms with Crippen LogP contribution >= 0.6 is 0 Å². The third-order valence-electron chi connectivity index (χ3n) is 4.17. The Bertz CT molecular complexity index is 837. The summed E-state index contributed by atoms with van der Waals surface area (Å²) in [5.41, 5.74) is 2.19. The summed E-state index contributed by atoms with van der Waals surface area (Å²) < 4.78 is 5.30. The molecule has 0 saturated carbocycles. The van der Waals surface area contributed by atoms with Crippen molar-refractivity contribution in [2.45, 2.75) is 19.4 Å². The molecule has 0 bridgehead atoms. The molecular formula is C21H21NO2. The second kappa shape index (κ2) is 7.64. The van der Waals surface area contributed by atoms with Crippen LogP contribution in [0.25, 0.3) is 10.8 Å². The second-order valence-corrected chi connectivity index (χ2v) is 5.73. The molecule has 24 heavy (non-hydrogen) atoms. The van der Waals surface area contributed by atoms with Gasteiger partial charge in [0, 0.05) is 18.5 Å². The molecule has 0 saturated heterocycles. The molecular weight excluding hydrogens is 298 g/mol. The van der Waals surface area contributed by atoms with Gasteiger partial charge in [0.2, 0.25) is 5.91 Å². The quantitative estimate of drug-likeness (QED) is 0.743. The maximum atomic E-state index is 12.2. The van der Waals surface area contributed by atoms with E-state index in [2.05, 4.69) is 29.6 Å². The van der Waals surface area contributed by atoms with Gasteiger partial charge >= 0.3 is 0 Å². The Kier molecular flexibility index (Phi) is 5.12. The van der Waals surface area contributed by atoms with Gasteiger partial charge in [0.1, 0.15) is 5.75 Å². The first-order valence-corrected chi connectivity index (χ1v) is 8.13. The van der Waals surface area contributed by atoms with Crippen LogP contribution in [0.15, 0.2) is 66.7 Å². The van der Waals surface area contributed by atoms with Gasteiger partial charge < -0.3 is 10.1 Å². The second-order valence-electron chi connectivity index (χ2n) is 5.73. The number of fused-ring (bicyclic) bond motifs is 1. The normalized spacial score (nSPS) is 10.5. The standard InChI is InChI=1S/C21H21NO2/c1-24-20-12-5-3-8-18(20)15-22-21(23)14-13-17-10-6-9-16-7-2-4-11-19(16)17/h2-12H,13-15H2,1H3,(H,22,23). The van der Waals surface area contributed by atoms with Crippen LogP contribution in [0.1, 0.15) is 17.5 Å². The van der Waals surface area contributed by atoms with Gasteiger partial charge in [-0.2, -0.15) is 0 Å². The Morgan fingerprint density at radius 2 is 1.62 bits per heavy atom. The molecule has 122 valence electrons. The summed E-state index contributed by atoms with van der Waals surface area (Å²) in [4.78, 5) is 12.2. The molecule has 0 aliphatic rings. The highest BCUT2D eigenvalue weighted by molar-refractivity contribution is 5.86. The van der Waals surface area contributed by atoms with Crippen LogP contribution in [-0.4, -0.2) is 13.0 Å². The van der Waals surface area contributed by atoms with Crippen molar-refractivity contribution in [1.82, 2.24) is 5.32 Å². The molecule has 0 aliphatic heterocycles. The van der Waals surface area contributed by atoms with Crippen LogP contribution in [0.5, 0.6) is 5.75 Å². The van der Waals surface area contributed by atoms with Gasteiger partial charge in [-0.05, 0) is 28.8 Å². The number of methoxy groups -OCH3 is 1. The smallest absolute Gasteiger partial charge is 0.220 e. The minimum atomic E-state index is 0.0499. The molecule has 0 radical (unpaired) electrons. The Balaban J connectivity index is 1.59. The van der Waals surface area contributed by atoms with Crippen molar-refractivity contribution in [2.75, 3.05) is 7.11 Å². The van der Waals surface area contributed by atoms with E-state index in [9.17, 15) is 4.79 Å². The predicted octanol–water partition coefficient (Wildman–Crippen LogP) is 4.10. The van der Waals surface area contributed by atoms with Crippen molar-refractivity contribution in [1.29, 1.82) is 0 Å². The fraction of sp³-hybridized carbons (Fsp3) is 0.190. The summed E-state index contributed by atoms with van der Waals surface area (Å²) in [5, 5.41) is 5.41. The van der Waals surface area contributed by atoms with Gasteiger partial charge in [-0.15, -0.1) is 0 Å². The molecule has 0 unspecified atom stereocenters. The Morgan fingerprint density at radius 1 is 0.917 bits per heavy atom. The van der Waals surface area contributed by atoms with Crippen LogP contribution in [0.3, 0.4) is 0 Å². The molecule has 0 aliphatic carbocycles. The SMILES string of the molecule is COc1ccccc1CNC(=O)CCc1cccc2ccccc12. The zero-order chi connectivity index (χ0) is 16.8. The number of ether oxygens (including phenoxy) is 1. The lowest BCUT2D eigenvalue weighted by Gasteiger charge is -2.10. The van der Waals surface area contributed by atoms with E-state index < -0.39 is 0 Å². The van der Waals surface area contributed by atoms with Crippen LogP contribution in [-0.2, 0) is 17.8 Å². The molecule has 0 heterocycles. The molecule has 3 heteroatoms. The van der Waals surface area contributed by atoms with E-state index in [1.807, 2.05) is 42.5 Å². The maximum absolute atomic E-state index is 12.2. The Morgan fingerprint density at radius 3 is 2.50 bits per heavy atom. The number of amides is 1. The van der Waals surface area contributed by atoms with Crippen molar-refractivity contribution in [3.05, 3.63) is 77.9 Å². The van der Waals surface area contributed by atoms with Gasteiger partial charge in [-0.3, -0.25) is 4.79 Å². The molecule has 0 atom stereocenters. The van der Waals surface area contributed by atoms with Crippen LogP contribution < -0.4 is 10.1 Å². The Hall–Kier alpha value is -2.81. The molecule has 0 fully saturated rings. The number of carbonyl (C=O) groups is 1. The van der Waals surface area contributed by atoms with Gasteiger partial charge in [0.25, 0.3) is 0 Å². The molecule has 1 amide bonds. The molecule has 3 aromatic carbocycles. The van der Waals surface area contributed by atoms with Crippen molar-refractivity contribution in [2.24, 2.45) is 0 Å². The number of rotatable bonds is 6. The molecule has 3 nitrogen and oxygen atoms in total. The fourth-order valence-corrected chi connectivity index (χ4v) is 2.89.